The Morgan fingerprint density at radius 1 is 1.17 bits per heavy atom. The van der Waals surface area contributed by atoms with E-state index in [0.717, 1.165) is 12.1 Å². The molecule has 2 aromatic rings. The summed E-state index contributed by atoms with van der Waals surface area (Å²) in [5.74, 6) is -2.59. The maximum atomic E-state index is 13.3. The lowest BCUT2D eigenvalue weighted by atomic mass is 10.2. The summed E-state index contributed by atoms with van der Waals surface area (Å²) in [6.45, 7) is 3.74. The van der Waals surface area contributed by atoms with E-state index in [9.17, 15) is 13.6 Å². The SMILES string of the molecule is CCC1(C)Oc2ccc(NC(=O)c3cc(F)c(F)cc3Cl)cc2O1. The molecule has 1 N–H and O–H groups in total. The number of amides is 1. The Balaban J connectivity index is 1.82. The first-order valence-corrected chi connectivity index (χ1v) is 7.67. The van der Waals surface area contributed by atoms with E-state index in [0.29, 0.717) is 23.6 Å². The van der Waals surface area contributed by atoms with Crippen molar-refractivity contribution < 1.29 is 23.0 Å². The normalized spacial score (nSPS) is 18.5. The fraction of sp³-hybridized carbons (Fsp3) is 0.235. The molecule has 0 radical (unpaired) electrons. The number of ether oxygens (including phenoxy) is 2. The third-order valence-electron chi connectivity index (χ3n) is 3.75. The molecule has 0 spiro atoms. The van der Waals surface area contributed by atoms with E-state index in [1.54, 1.807) is 18.2 Å². The largest absolute Gasteiger partial charge is 0.449 e. The van der Waals surface area contributed by atoms with Crippen molar-refractivity contribution in [2.45, 2.75) is 26.1 Å². The van der Waals surface area contributed by atoms with E-state index in [4.69, 9.17) is 21.1 Å². The summed E-state index contributed by atoms with van der Waals surface area (Å²) in [5.41, 5.74) is 0.259. The second-order valence-corrected chi connectivity index (χ2v) is 5.96. The highest BCUT2D eigenvalue weighted by molar-refractivity contribution is 6.34. The average molecular weight is 354 g/mol. The van der Waals surface area contributed by atoms with Gasteiger partial charge in [0.1, 0.15) is 0 Å². The number of carbonyl (C=O) groups excluding carboxylic acids is 1. The van der Waals surface area contributed by atoms with Gasteiger partial charge >= 0.3 is 0 Å². The Kier molecular flexibility index (Phi) is 4.09. The Morgan fingerprint density at radius 3 is 2.54 bits per heavy atom. The molecule has 0 aromatic heterocycles. The molecule has 24 heavy (non-hydrogen) atoms. The number of anilines is 1. The van der Waals surface area contributed by atoms with Crippen molar-refractivity contribution in [2.75, 3.05) is 5.32 Å². The zero-order chi connectivity index (χ0) is 17.5. The quantitative estimate of drug-likeness (QED) is 0.809. The van der Waals surface area contributed by atoms with Crippen molar-refractivity contribution in [1.82, 2.24) is 0 Å². The number of nitrogens with one attached hydrogen (secondary N) is 1. The molecule has 7 heteroatoms. The highest BCUT2D eigenvalue weighted by Gasteiger charge is 2.35. The summed E-state index contributed by atoms with van der Waals surface area (Å²) in [5, 5.41) is 2.40. The fourth-order valence-electron chi connectivity index (χ4n) is 2.28. The number of hydrogen-bond acceptors (Lipinski definition) is 3. The standard InChI is InChI=1S/C17H14ClF2NO3/c1-3-17(2)23-14-5-4-9(6-15(14)24-17)21-16(22)10-7-12(19)13(20)8-11(10)18/h4-8H,3H2,1-2H3,(H,21,22). The molecule has 2 aromatic carbocycles. The van der Waals surface area contributed by atoms with Crippen LogP contribution in [-0.4, -0.2) is 11.7 Å². The van der Waals surface area contributed by atoms with Gasteiger partial charge in [-0.15, -0.1) is 0 Å². The summed E-state index contributed by atoms with van der Waals surface area (Å²) in [6, 6.07) is 6.40. The fourth-order valence-corrected chi connectivity index (χ4v) is 2.51. The molecular formula is C17H14ClF2NO3. The Morgan fingerprint density at radius 2 is 1.83 bits per heavy atom. The maximum absolute atomic E-state index is 13.3. The molecule has 0 fully saturated rings. The molecule has 1 atom stereocenters. The van der Waals surface area contributed by atoms with Gasteiger partial charge in [0, 0.05) is 25.1 Å². The predicted molar refractivity (Wildman–Crippen MR) is 85.7 cm³/mol. The molecule has 0 saturated carbocycles. The van der Waals surface area contributed by atoms with Gasteiger partial charge in [-0.2, -0.15) is 0 Å². The third kappa shape index (κ3) is 3.01. The van der Waals surface area contributed by atoms with Gasteiger partial charge in [-0.25, -0.2) is 8.78 Å². The van der Waals surface area contributed by atoms with Gasteiger partial charge in [0.05, 0.1) is 10.6 Å². The van der Waals surface area contributed by atoms with Crippen LogP contribution in [0, 0.1) is 11.6 Å². The summed E-state index contributed by atoms with van der Waals surface area (Å²) >= 11 is 5.80. The van der Waals surface area contributed by atoms with Crippen LogP contribution in [0.2, 0.25) is 5.02 Å². The van der Waals surface area contributed by atoms with Crippen molar-refractivity contribution in [3.8, 4) is 11.5 Å². The molecule has 0 bridgehead atoms. The van der Waals surface area contributed by atoms with Gasteiger partial charge in [-0.1, -0.05) is 18.5 Å². The molecule has 1 aliphatic heterocycles. The number of rotatable bonds is 3. The molecule has 1 heterocycles. The minimum absolute atomic E-state index is 0.161. The maximum Gasteiger partial charge on any atom is 0.257 e. The van der Waals surface area contributed by atoms with Gasteiger partial charge in [-0.05, 0) is 24.3 Å². The van der Waals surface area contributed by atoms with Crippen molar-refractivity contribution in [2.24, 2.45) is 0 Å². The van der Waals surface area contributed by atoms with Gasteiger partial charge in [-0.3, -0.25) is 4.79 Å². The molecule has 1 unspecified atom stereocenters. The van der Waals surface area contributed by atoms with Gasteiger partial charge in [0.15, 0.2) is 23.1 Å². The van der Waals surface area contributed by atoms with Crippen LogP contribution in [0.5, 0.6) is 11.5 Å². The lowest BCUT2D eigenvalue weighted by molar-refractivity contribution is -0.0640. The monoisotopic (exact) mass is 353 g/mol. The van der Waals surface area contributed by atoms with E-state index in [2.05, 4.69) is 5.32 Å². The Hall–Kier alpha value is -2.34. The Bertz CT molecular complexity index is 828. The van der Waals surface area contributed by atoms with Gasteiger partial charge < -0.3 is 14.8 Å². The van der Waals surface area contributed by atoms with E-state index in [1.165, 1.54) is 0 Å². The van der Waals surface area contributed by atoms with Crippen LogP contribution >= 0.6 is 11.6 Å². The molecule has 3 rings (SSSR count). The average Bonchev–Trinajstić information content (AvgIpc) is 2.87. The molecule has 0 aliphatic carbocycles. The summed E-state index contributed by atoms with van der Waals surface area (Å²) in [7, 11) is 0. The summed E-state index contributed by atoms with van der Waals surface area (Å²) in [6.07, 6.45) is 0.647. The van der Waals surface area contributed by atoms with Gasteiger partial charge in [0.2, 0.25) is 5.79 Å². The Labute approximate surface area is 142 Å². The number of hydrogen-bond donors (Lipinski definition) is 1. The van der Waals surface area contributed by atoms with Crippen LogP contribution < -0.4 is 14.8 Å². The van der Waals surface area contributed by atoms with E-state index < -0.39 is 23.3 Å². The minimum atomic E-state index is -1.14. The molecule has 1 aliphatic rings. The zero-order valence-corrected chi connectivity index (χ0v) is 13.7. The molecule has 4 nitrogen and oxygen atoms in total. The highest BCUT2D eigenvalue weighted by atomic mass is 35.5. The van der Waals surface area contributed by atoms with Crippen LogP contribution in [0.15, 0.2) is 30.3 Å². The van der Waals surface area contributed by atoms with Crippen molar-refractivity contribution in [3.05, 3.63) is 52.6 Å². The number of fused-ring (bicyclic) bond motifs is 1. The summed E-state index contributed by atoms with van der Waals surface area (Å²) in [4.78, 5) is 12.2. The number of benzene rings is 2. The lowest BCUT2D eigenvalue weighted by Crippen LogP contribution is -2.33. The zero-order valence-electron chi connectivity index (χ0n) is 13.0. The van der Waals surface area contributed by atoms with Crippen molar-refractivity contribution in [3.63, 3.8) is 0 Å². The van der Waals surface area contributed by atoms with Crippen LogP contribution in [0.1, 0.15) is 30.6 Å². The van der Waals surface area contributed by atoms with E-state index >= 15 is 0 Å². The number of halogens is 3. The lowest BCUT2D eigenvalue weighted by Gasteiger charge is -2.20. The van der Waals surface area contributed by atoms with E-state index in [1.807, 2.05) is 13.8 Å². The van der Waals surface area contributed by atoms with Crippen LogP contribution in [0.3, 0.4) is 0 Å². The van der Waals surface area contributed by atoms with Crippen LogP contribution in [0.25, 0.3) is 0 Å². The predicted octanol–water partition coefficient (Wildman–Crippen LogP) is 4.77. The third-order valence-corrected chi connectivity index (χ3v) is 4.06. The second kappa shape index (κ2) is 5.94. The summed E-state index contributed by atoms with van der Waals surface area (Å²) < 4.78 is 37.8. The van der Waals surface area contributed by atoms with Crippen LogP contribution in [0.4, 0.5) is 14.5 Å². The van der Waals surface area contributed by atoms with E-state index in [-0.39, 0.29) is 10.6 Å². The topological polar surface area (TPSA) is 47.6 Å². The molecule has 126 valence electrons. The minimum Gasteiger partial charge on any atom is -0.449 e. The highest BCUT2D eigenvalue weighted by Crippen LogP contribution is 2.42. The van der Waals surface area contributed by atoms with Crippen LogP contribution in [-0.2, 0) is 0 Å². The first kappa shape index (κ1) is 16.5. The smallest absolute Gasteiger partial charge is 0.257 e. The second-order valence-electron chi connectivity index (χ2n) is 5.55. The first-order chi connectivity index (χ1) is 11.3. The number of carbonyl (C=O) groups is 1. The van der Waals surface area contributed by atoms with Gasteiger partial charge in [0.25, 0.3) is 5.91 Å². The van der Waals surface area contributed by atoms with Crippen molar-refractivity contribution in [1.29, 1.82) is 0 Å². The molecule has 1 amide bonds. The first-order valence-electron chi connectivity index (χ1n) is 7.29. The molecular weight excluding hydrogens is 340 g/mol. The molecule has 0 saturated heterocycles. The van der Waals surface area contributed by atoms with Crippen molar-refractivity contribution >= 4 is 23.2 Å².